The number of halogens is 1. The van der Waals surface area contributed by atoms with E-state index in [-0.39, 0.29) is 18.5 Å². The average molecular weight is 314 g/mol. The minimum Gasteiger partial charge on any atom is -0.391 e. The van der Waals surface area contributed by atoms with Crippen LogP contribution in [0.25, 0.3) is 0 Å². The van der Waals surface area contributed by atoms with E-state index in [4.69, 9.17) is 11.6 Å². The highest BCUT2D eigenvalue weighted by Gasteiger charge is 2.15. The first kappa shape index (κ1) is 17.7. The van der Waals surface area contributed by atoms with Gasteiger partial charge in [-0.25, -0.2) is 9.78 Å². The molecule has 0 bridgehead atoms. The number of nitrogens with one attached hydrogen (secondary N) is 2. The quantitative estimate of drug-likeness (QED) is 0.645. The second-order valence-corrected chi connectivity index (χ2v) is 5.41. The van der Waals surface area contributed by atoms with Gasteiger partial charge in [-0.05, 0) is 24.0 Å². The van der Waals surface area contributed by atoms with Crippen molar-refractivity contribution in [3.63, 3.8) is 0 Å². The van der Waals surface area contributed by atoms with E-state index in [0.29, 0.717) is 18.1 Å². The number of urea groups is 1. The number of aliphatic hydroxyl groups is 1. The Balaban J connectivity index is 2.20. The largest absolute Gasteiger partial charge is 0.391 e. The molecule has 0 spiro atoms. The van der Waals surface area contributed by atoms with Crippen molar-refractivity contribution >= 4 is 17.6 Å². The Morgan fingerprint density at radius 1 is 1.33 bits per heavy atom. The molecule has 2 amide bonds. The molecular weight excluding hydrogens is 290 g/mol. The van der Waals surface area contributed by atoms with Crippen molar-refractivity contribution in [2.75, 3.05) is 13.1 Å². The molecule has 0 radical (unpaired) electrons. The molecule has 1 heterocycles. The van der Waals surface area contributed by atoms with Gasteiger partial charge in [0.05, 0.1) is 6.10 Å². The lowest BCUT2D eigenvalue weighted by atomic mass is 9.97. The highest BCUT2D eigenvalue weighted by atomic mass is 35.5. The van der Waals surface area contributed by atoms with E-state index in [1.165, 1.54) is 0 Å². The first-order chi connectivity index (χ1) is 10.1. The molecule has 6 heteroatoms. The van der Waals surface area contributed by atoms with E-state index in [1.54, 1.807) is 12.3 Å². The molecule has 21 heavy (non-hydrogen) atoms. The van der Waals surface area contributed by atoms with Gasteiger partial charge in [0.2, 0.25) is 0 Å². The number of carbonyl (C=O) groups excluding carboxylic acids is 1. The van der Waals surface area contributed by atoms with Crippen molar-refractivity contribution < 1.29 is 9.90 Å². The third kappa shape index (κ3) is 6.78. The Bertz CT molecular complexity index is 421. The van der Waals surface area contributed by atoms with Crippen LogP contribution in [0.1, 0.15) is 32.3 Å². The molecule has 0 saturated heterocycles. The van der Waals surface area contributed by atoms with Gasteiger partial charge in [-0.1, -0.05) is 44.4 Å². The van der Waals surface area contributed by atoms with Crippen molar-refractivity contribution in [3.05, 3.63) is 29.0 Å². The standard InChI is InChI=1S/C15H24ClN3O2/c1-3-12(4-2)13(20)10-19-15(21)17-8-7-11-5-6-14(16)18-9-11/h5-6,9,12-13,20H,3-4,7-8,10H2,1-2H3,(H2,17,19,21). The molecule has 0 aliphatic rings. The SMILES string of the molecule is CCC(CC)C(O)CNC(=O)NCCc1ccc(Cl)nc1. The average Bonchev–Trinajstić information content (AvgIpc) is 2.48. The number of nitrogens with zero attached hydrogens (tertiary/aromatic N) is 1. The van der Waals surface area contributed by atoms with Gasteiger partial charge >= 0.3 is 6.03 Å². The number of amides is 2. The van der Waals surface area contributed by atoms with Crippen molar-refractivity contribution in [2.45, 2.75) is 39.2 Å². The second-order valence-electron chi connectivity index (χ2n) is 5.02. The number of pyridine rings is 1. The van der Waals surface area contributed by atoms with Gasteiger partial charge < -0.3 is 15.7 Å². The first-order valence-electron chi connectivity index (χ1n) is 7.37. The molecule has 1 atom stereocenters. The summed E-state index contributed by atoms with van der Waals surface area (Å²) in [5, 5.41) is 15.8. The van der Waals surface area contributed by atoms with Crippen molar-refractivity contribution in [1.82, 2.24) is 15.6 Å². The first-order valence-corrected chi connectivity index (χ1v) is 7.74. The summed E-state index contributed by atoms with van der Waals surface area (Å²) in [4.78, 5) is 15.6. The lowest BCUT2D eigenvalue weighted by molar-refractivity contribution is 0.103. The van der Waals surface area contributed by atoms with Crippen molar-refractivity contribution in [1.29, 1.82) is 0 Å². The number of aromatic nitrogens is 1. The molecule has 1 rings (SSSR count). The molecule has 1 unspecified atom stereocenters. The lowest BCUT2D eigenvalue weighted by Crippen LogP contribution is -2.42. The van der Waals surface area contributed by atoms with E-state index in [0.717, 1.165) is 18.4 Å². The Morgan fingerprint density at radius 2 is 2.05 bits per heavy atom. The number of hydrogen-bond donors (Lipinski definition) is 3. The Morgan fingerprint density at radius 3 is 2.62 bits per heavy atom. The van der Waals surface area contributed by atoms with Gasteiger partial charge in [-0.15, -0.1) is 0 Å². The normalized spacial score (nSPS) is 12.2. The summed E-state index contributed by atoms with van der Waals surface area (Å²) in [7, 11) is 0. The van der Waals surface area contributed by atoms with E-state index in [1.807, 2.05) is 19.9 Å². The second kappa shape index (κ2) is 9.58. The van der Waals surface area contributed by atoms with Gasteiger partial charge in [0, 0.05) is 19.3 Å². The summed E-state index contributed by atoms with van der Waals surface area (Å²) >= 11 is 5.70. The minimum absolute atomic E-state index is 0.227. The van der Waals surface area contributed by atoms with Crippen LogP contribution in [0.3, 0.4) is 0 Å². The summed E-state index contributed by atoms with van der Waals surface area (Å²) in [6.45, 7) is 4.87. The lowest BCUT2D eigenvalue weighted by Gasteiger charge is -2.20. The molecule has 0 fully saturated rings. The molecule has 1 aromatic heterocycles. The van der Waals surface area contributed by atoms with E-state index in [9.17, 15) is 9.90 Å². The number of carbonyl (C=O) groups is 1. The highest BCUT2D eigenvalue weighted by Crippen LogP contribution is 2.12. The molecule has 0 saturated carbocycles. The smallest absolute Gasteiger partial charge is 0.314 e. The van der Waals surface area contributed by atoms with Gasteiger partial charge in [0.15, 0.2) is 0 Å². The van der Waals surface area contributed by atoms with E-state index in [2.05, 4.69) is 15.6 Å². The topological polar surface area (TPSA) is 74.2 Å². The van der Waals surface area contributed by atoms with Gasteiger partial charge in [-0.3, -0.25) is 0 Å². The van der Waals surface area contributed by atoms with E-state index >= 15 is 0 Å². The molecule has 3 N–H and O–H groups in total. The third-order valence-corrected chi connectivity index (χ3v) is 3.78. The summed E-state index contributed by atoms with van der Waals surface area (Å²) in [5.41, 5.74) is 1.01. The molecule has 118 valence electrons. The number of rotatable bonds is 8. The van der Waals surface area contributed by atoms with Gasteiger partial charge in [0.1, 0.15) is 5.15 Å². The van der Waals surface area contributed by atoms with E-state index < -0.39 is 6.10 Å². The van der Waals surface area contributed by atoms with Crippen LogP contribution in [0.4, 0.5) is 4.79 Å². The zero-order chi connectivity index (χ0) is 15.7. The third-order valence-electron chi connectivity index (χ3n) is 3.55. The maximum Gasteiger partial charge on any atom is 0.314 e. The maximum atomic E-state index is 11.6. The Labute approximate surface area is 131 Å². The summed E-state index contributed by atoms with van der Waals surface area (Å²) in [5.74, 6) is 0.227. The Hall–Kier alpha value is -1.33. The van der Waals surface area contributed by atoms with Crippen LogP contribution < -0.4 is 10.6 Å². The molecule has 0 aliphatic carbocycles. The van der Waals surface area contributed by atoms with Crippen LogP contribution in [-0.4, -0.2) is 35.3 Å². The van der Waals surface area contributed by atoms with Crippen molar-refractivity contribution in [3.8, 4) is 0 Å². The Kier molecular flexibility index (Phi) is 8.08. The van der Waals surface area contributed by atoms with Crippen LogP contribution in [0.2, 0.25) is 5.15 Å². The molecule has 1 aromatic rings. The van der Waals surface area contributed by atoms with Crippen LogP contribution in [0, 0.1) is 5.92 Å². The monoisotopic (exact) mass is 313 g/mol. The molecule has 0 aromatic carbocycles. The van der Waals surface area contributed by atoms with Crippen LogP contribution in [0.5, 0.6) is 0 Å². The number of hydrogen-bond acceptors (Lipinski definition) is 3. The highest BCUT2D eigenvalue weighted by molar-refractivity contribution is 6.29. The summed E-state index contributed by atoms with van der Waals surface area (Å²) in [6, 6.07) is 3.34. The molecular formula is C15H24ClN3O2. The molecule has 0 aliphatic heterocycles. The zero-order valence-corrected chi connectivity index (χ0v) is 13.4. The predicted molar refractivity (Wildman–Crippen MR) is 84.4 cm³/mol. The summed E-state index contributed by atoms with van der Waals surface area (Å²) < 4.78 is 0. The van der Waals surface area contributed by atoms with Gasteiger partial charge in [-0.2, -0.15) is 0 Å². The molecule has 5 nitrogen and oxygen atoms in total. The van der Waals surface area contributed by atoms with Crippen molar-refractivity contribution in [2.24, 2.45) is 5.92 Å². The minimum atomic E-state index is -0.494. The number of aliphatic hydroxyl groups excluding tert-OH is 1. The van der Waals surface area contributed by atoms with Gasteiger partial charge in [0.25, 0.3) is 0 Å². The van der Waals surface area contributed by atoms with Crippen LogP contribution in [-0.2, 0) is 6.42 Å². The summed E-state index contributed by atoms with van der Waals surface area (Å²) in [6.07, 6.45) is 3.70. The fourth-order valence-corrected chi connectivity index (χ4v) is 2.25. The maximum absolute atomic E-state index is 11.6. The van der Waals surface area contributed by atoms with Crippen LogP contribution in [0.15, 0.2) is 18.3 Å². The zero-order valence-electron chi connectivity index (χ0n) is 12.6. The van der Waals surface area contributed by atoms with Crippen LogP contribution >= 0.6 is 11.6 Å². The fourth-order valence-electron chi connectivity index (χ4n) is 2.13. The predicted octanol–water partition coefficient (Wildman–Crippen LogP) is 2.37. The fraction of sp³-hybridized carbons (Fsp3) is 0.600.